The molecule has 1 heterocycles. The number of rotatable bonds is 7. The maximum Gasteiger partial charge on any atom is 0.179 e. The summed E-state index contributed by atoms with van der Waals surface area (Å²) in [6.45, 7) is 0.822. The molecule has 0 aliphatic carbocycles. The molecule has 0 spiro atoms. The molecule has 1 aliphatic rings. The molecule has 2 N–H and O–H groups in total. The maximum atomic E-state index is 12.6. The van der Waals surface area contributed by atoms with Gasteiger partial charge in [0, 0.05) is 25.3 Å². The minimum Gasteiger partial charge on any atom is -0.489 e. The predicted octanol–water partition coefficient (Wildman–Crippen LogP) is 1.97. The highest BCUT2D eigenvalue weighted by atomic mass is 32.2. The van der Waals surface area contributed by atoms with Gasteiger partial charge in [-0.2, -0.15) is 5.26 Å². The number of halogens is 1. The summed E-state index contributed by atoms with van der Waals surface area (Å²) in [5.74, 6) is 0.176. The first-order valence-corrected chi connectivity index (χ1v) is 9.53. The molecule has 0 aromatic heterocycles. The molecule has 0 unspecified atom stereocenters. The molecule has 0 bridgehead atoms. The third-order valence-corrected chi connectivity index (χ3v) is 6.10. The lowest BCUT2D eigenvalue weighted by Gasteiger charge is -2.30. The van der Waals surface area contributed by atoms with Crippen LogP contribution in [0.3, 0.4) is 0 Å². The van der Waals surface area contributed by atoms with Crippen molar-refractivity contribution in [3.8, 4) is 11.8 Å². The van der Waals surface area contributed by atoms with E-state index in [-0.39, 0.29) is 23.8 Å². The van der Waals surface area contributed by atoms with Crippen LogP contribution in [0, 0.1) is 16.7 Å². The second kappa shape index (κ2) is 8.43. The summed E-state index contributed by atoms with van der Waals surface area (Å²) in [5.41, 5.74) is 4.73. The quantitative estimate of drug-likeness (QED) is 0.789. The zero-order valence-corrected chi connectivity index (χ0v) is 14.6. The number of sulfone groups is 1. The van der Waals surface area contributed by atoms with Gasteiger partial charge >= 0.3 is 0 Å². The molecule has 0 saturated carbocycles. The lowest BCUT2D eigenvalue weighted by Crippen LogP contribution is -2.35. The van der Waals surface area contributed by atoms with E-state index < -0.39 is 15.3 Å². The van der Waals surface area contributed by atoms with Crippen LogP contribution in [0.25, 0.3) is 0 Å². The lowest BCUT2D eigenvalue weighted by molar-refractivity contribution is 0.0490. The second-order valence-electron chi connectivity index (χ2n) is 6.00. The van der Waals surface area contributed by atoms with E-state index in [1.807, 2.05) is 0 Å². The molecule has 25 heavy (non-hydrogen) atoms. The van der Waals surface area contributed by atoms with Crippen LogP contribution in [-0.2, 0) is 14.6 Å². The third-order valence-electron chi connectivity index (χ3n) is 4.18. The molecule has 0 amide bonds. The Bertz CT molecular complexity index is 748. The number of nitrogens with two attached hydrogens (primary N) is 1. The largest absolute Gasteiger partial charge is 0.489 e. The summed E-state index contributed by atoms with van der Waals surface area (Å²) in [5, 5.41) is 9.43. The fourth-order valence-electron chi connectivity index (χ4n) is 2.55. The van der Waals surface area contributed by atoms with E-state index in [0.717, 1.165) is 0 Å². The predicted molar refractivity (Wildman–Crippen MR) is 90.3 cm³/mol. The van der Waals surface area contributed by atoms with Gasteiger partial charge in [-0.25, -0.2) is 12.8 Å². The first-order valence-electron chi connectivity index (χ1n) is 7.87. The molecule has 1 aromatic rings. The van der Waals surface area contributed by atoms with Crippen LogP contribution in [0.2, 0.25) is 0 Å². The summed E-state index contributed by atoms with van der Waals surface area (Å²) in [6, 6.07) is 8.02. The van der Waals surface area contributed by atoms with Gasteiger partial charge in [-0.05, 0) is 37.1 Å². The first kappa shape index (κ1) is 19.4. The number of benzene rings is 1. The summed E-state index contributed by atoms with van der Waals surface area (Å²) in [4.78, 5) is 0.126. The van der Waals surface area contributed by atoms with Gasteiger partial charge < -0.3 is 15.2 Å². The molecular weight excluding hydrogens is 347 g/mol. The molecule has 1 saturated heterocycles. The molecule has 136 valence electrons. The van der Waals surface area contributed by atoms with Crippen molar-refractivity contribution < 1.29 is 22.3 Å². The molecule has 0 radical (unpaired) electrons. The Kier molecular flexibility index (Phi) is 6.53. The fraction of sp³-hybridized carbons (Fsp3) is 0.471. The average molecular weight is 368 g/mol. The number of nitrogens with zero attached hydrogens (tertiary/aromatic N) is 1. The molecule has 8 heteroatoms. The van der Waals surface area contributed by atoms with E-state index in [0.29, 0.717) is 43.7 Å². The summed E-state index contributed by atoms with van der Waals surface area (Å²) in [7, 11) is -3.61. The first-order chi connectivity index (χ1) is 11.9. The van der Waals surface area contributed by atoms with Crippen molar-refractivity contribution in [1.29, 1.82) is 5.26 Å². The van der Waals surface area contributed by atoms with Crippen molar-refractivity contribution in [2.45, 2.75) is 17.7 Å². The highest BCUT2D eigenvalue weighted by Gasteiger charge is 2.38. The van der Waals surface area contributed by atoms with Crippen molar-refractivity contribution in [3.63, 3.8) is 0 Å². The van der Waals surface area contributed by atoms with E-state index in [9.17, 15) is 18.1 Å². The van der Waals surface area contributed by atoms with Crippen molar-refractivity contribution in [2.24, 2.45) is 11.1 Å². The highest BCUT2D eigenvalue weighted by Crippen LogP contribution is 2.33. The van der Waals surface area contributed by atoms with Crippen LogP contribution < -0.4 is 10.5 Å². The third kappa shape index (κ3) is 5.01. The summed E-state index contributed by atoms with van der Waals surface area (Å²) < 4.78 is 48.3. The average Bonchev–Trinajstić information content (AvgIpc) is 2.63. The van der Waals surface area contributed by atoms with Crippen molar-refractivity contribution in [1.82, 2.24) is 0 Å². The normalized spacial score (nSPS) is 17.7. The van der Waals surface area contributed by atoms with Crippen LogP contribution in [0.4, 0.5) is 4.39 Å². The minimum absolute atomic E-state index is 0.00333. The van der Waals surface area contributed by atoms with Crippen LogP contribution in [-0.4, -0.2) is 40.5 Å². The Balaban J connectivity index is 2.08. The van der Waals surface area contributed by atoms with Crippen LogP contribution in [0.5, 0.6) is 5.75 Å². The van der Waals surface area contributed by atoms with E-state index >= 15 is 0 Å². The van der Waals surface area contributed by atoms with E-state index in [1.54, 1.807) is 0 Å². The number of nitriles is 1. The van der Waals surface area contributed by atoms with Gasteiger partial charge in [-0.1, -0.05) is 0 Å². The highest BCUT2D eigenvalue weighted by molar-refractivity contribution is 7.91. The Hall–Kier alpha value is -1.95. The standard InChI is InChI=1S/C17H21FN2O4S/c18-9-14(10-19)11-24-15-1-3-16(4-2-15)25(21,22)13-17(12-20)5-7-23-8-6-17/h1-4,9H,5-8,10-11,13,19H2/b14-9+. The van der Waals surface area contributed by atoms with Gasteiger partial charge in [0.15, 0.2) is 9.84 Å². The molecule has 6 nitrogen and oxygen atoms in total. The molecule has 1 fully saturated rings. The van der Waals surface area contributed by atoms with Crippen molar-refractivity contribution in [2.75, 3.05) is 32.1 Å². The summed E-state index contributed by atoms with van der Waals surface area (Å²) in [6.07, 6.45) is 1.21. The molecule has 0 atom stereocenters. The zero-order chi connectivity index (χ0) is 18.3. The van der Waals surface area contributed by atoms with Crippen LogP contribution in [0.15, 0.2) is 41.1 Å². The van der Waals surface area contributed by atoms with Gasteiger partial charge in [0.25, 0.3) is 0 Å². The summed E-state index contributed by atoms with van der Waals surface area (Å²) >= 11 is 0. The Morgan fingerprint density at radius 2 is 2.00 bits per heavy atom. The Morgan fingerprint density at radius 1 is 1.36 bits per heavy atom. The minimum atomic E-state index is -3.61. The number of hydrogen-bond acceptors (Lipinski definition) is 6. The lowest BCUT2D eigenvalue weighted by atomic mass is 9.84. The molecule has 1 aliphatic heterocycles. The monoisotopic (exact) mass is 368 g/mol. The van der Waals surface area contributed by atoms with E-state index in [4.69, 9.17) is 15.2 Å². The van der Waals surface area contributed by atoms with Crippen LogP contribution >= 0.6 is 0 Å². The van der Waals surface area contributed by atoms with Gasteiger partial charge in [0.1, 0.15) is 12.4 Å². The SMILES string of the molecule is N#CC1(CS(=O)(=O)c2ccc(OC/C(=C/F)CN)cc2)CCOCC1. The van der Waals surface area contributed by atoms with E-state index in [1.165, 1.54) is 24.3 Å². The molecular formula is C17H21FN2O4S. The smallest absolute Gasteiger partial charge is 0.179 e. The van der Waals surface area contributed by atoms with Crippen molar-refractivity contribution in [3.05, 3.63) is 36.2 Å². The van der Waals surface area contributed by atoms with E-state index in [2.05, 4.69) is 6.07 Å². The topological polar surface area (TPSA) is 102 Å². The molecule has 2 rings (SSSR count). The van der Waals surface area contributed by atoms with Crippen molar-refractivity contribution >= 4 is 9.84 Å². The fourth-order valence-corrected chi connectivity index (χ4v) is 4.35. The number of ether oxygens (including phenoxy) is 2. The van der Waals surface area contributed by atoms with Gasteiger partial charge in [0.2, 0.25) is 0 Å². The Morgan fingerprint density at radius 3 is 2.52 bits per heavy atom. The zero-order valence-electron chi connectivity index (χ0n) is 13.8. The second-order valence-corrected chi connectivity index (χ2v) is 7.98. The van der Waals surface area contributed by atoms with Gasteiger partial charge in [0.05, 0.1) is 28.5 Å². The Labute approximate surface area is 147 Å². The number of hydrogen-bond donors (Lipinski definition) is 1. The maximum absolute atomic E-state index is 12.6. The van der Waals surface area contributed by atoms with Gasteiger partial charge in [-0.3, -0.25) is 0 Å². The van der Waals surface area contributed by atoms with Gasteiger partial charge in [-0.15, -0.1) is 0 Å². The molecule has 1 aromatic carbocycles. The van der Waals surface area contributed by atoms with Crippen LogP contribution in [0.1, 0.15) is 12.8 Å².